The number of quaternary nitrogens is 1. The smallest absolute Gasteiger partial charge is 0.314 e. The molecule has 0 aliphatic rings. The van der Waals surface area contributed by atoms with Crippen molar-refractivity contribution in [2.75, 3.05) is 20.2 Å². The van der Waals surface area contributed by atoms with E-state index < -0.39 is 0 Å². The molecule has 0 rings (SSSR count). The fourth-order valence-corrected chi connectivity index (χ4v) is 1.01. The molecule has 0 heterocycles. The third kappa shape index (κ3) is 5.13. The summed E-state index contributed by atoms with van der Waals surface area (Å²) in [5.41, 5.74) is 0. The van der Waals surface area contributed by atoms with E-state index in [1.807, 2.05) is 6.92 Å². The molecule has 0 aromatic heterocycles. The van der Waals surface area contributed by atoms with Gasteiger partial charge < -0.3 is 10.1 Å². The zero-order valence-corrected chi connectivity index (χ0v) is 8.30. The van der Waals surface area contributed by atoms with Crippen molar-refractivity contribution in [2.45, 2.75) is 26.7 Å². The fraction of sp³-hybridized carbons (Fsp3) is 0.889. The monoisotopic (exact) mass is 174 g/mol. The van der Waals surface area contributed by atoms with Crippen molar-refractivity contribution >= 4 is 5.97 Å². The maximum Gasteiger partial charge on any atom is 0.314 e. The van der Waals surface area contributed by atoms with Crippen LogP contribution < -0.4 is 5.32 Å². The first-order chi connectivity index (χ1) is 5.72. The Morgan fingerprint density at radius 3 is 2.75 bits per heavy atom. The van der Waals surface area contributed by atoms with E-state index in [0.29, 0.717) is 0 Å². The van der Waals surface area contributed by atoms with E-state index in [9.17, 15) is 4.79 Å². The number of hydrogen-bond acceptors (Lipinski definition) is 2. The lowest BCUT2D eigenvalue weighted by Gasteiger charge is -2.06. The summed E-state index contributed by atoms with van der Waals surface area (Å²) >= 11 is 0. The van der Waals surface area contributed by atoms with Crippen LogP contribution in [-0.4, -0.2) is 26.2 Å². The van der Waals surface area contributed by atoms with Crippen molar-refractivity contribution in [3.05, 3.63) is 0 Å². The Kier molecular flexibility index (Phi) is 6.76. The van der Waals surface area contributed by atoms with Gasteiger partial charge in [0.15, 0.2) is 0 Å². The molecule has 1 atom stereocenters. The molecule has 72 valence electrons. The largest absolute Gasteiger partial charge is 0.469 e. The normalized spacial score (nSPS) is 12.6. The third-order valence-electron chi connectivity index (χ3n) is 1.89. The predicted molar refractivity (Wildman–Crippen MR) is 47.7 cm³/mol. The molecule has 0 aliphatic heterocycles. The Labute approximate surface area is 74.5 Å². The van der Waals surface area contributed by atoms with Crippen molar-refractivity contribution in [3.8, 4) is 0 Å². The van der Waals surface area contributed by atoms with Crippen LogP contribution in [0.15, 0.2) is 0 Å². The molecule has 0 saturated carbocycles. The molecule has 0 radical (unpaired) electrons. The molecule has 2 N–H and O–H groups in total. The quantitative estimate of drug-likeness (QED) is 0.460. The van der Waals surface area contributed by atoms with Gasteiger partial charge >= 0.3 is 5.97 Å². The second kappa shape index (κ2) is 7.10. The van der Waals surface area contributed by atoms with E-state index in [1.54, 1.807) is 0 Å². The van der Waals surface area contributed by atoms with Crippen LogP contribution in [0, 0.1) is 5.92 Å². The number of carbonyl (C=O) groups excluding carboxylic acids is 1. The summed E-state index contributed by atoms with van der Waals surface area (Å²) in [5.74, 6) is -0.0883. The SMILES string of the molecule is CCCC[NH2+]C[C@@H](C)C(=O)OC. The molecule has 0 aromatic carbocycles. The molecule has 3 nitrogen and oxygen atoms in total. The highest BCUT2D eigenvalue weighted by Gasteiger charge is 2.13. The number of ether oxygens (including phenoxy) is 1. The minimum Gasteiger partial charge on any atom is -0.469 e. The average Bonchev–Trinajstić information content (AvgIpc) is 2.10. The molecule has 0 amide bonds. The van der Waals surface area contributed by atoms with Gasteiger partial charge in [-0.3, -0.25) is 4.79 Å². The molecule has 0 aromatic rings. The van der Waals surface area contributed by atoms with Crippen molar-refractivity contribution in [3.63, 3.8) is 0 Å². The first-order valence-corrected chi connectivity index (χ1v) is 4.61. The van der Waals surface area contributed by atoms with Gasteiger partial charge in [-0.15, -0.1) is 0 Å². The van der Waals surface area contributed by atoms with Gasteiger partial charge in [-0.1, -0.05) is 13.3 Å². The molecule has 0 spiro atoms. The highest BCUT2D eigenvalue weighted by atomic mass is 16.5. The van der Waals surface area contributed by atoms with E-state index in [1.165, 1.54) is 20.0 Å². The van der Waals surface area contributed by atoms with E-state index in [0.717, 1.165) is 13.1 Å². The second-order valence-electron chi connectivity index (χ2n) is 3.09. The van der Waals surface area contributed by atoms with Gasteiger partial charge in [-0.2, -0.15) is 0 Å². The van der Waals surface area contributed by atoms with Crippen LogP contribution in [0.3, 0.4) is 0 Å². The molecule has 0 fully saturated rings. The predicted octanol–water partition coefficient (Wildman–Crippen LogP) is 0.159. The van der Waals surface area contributed by atoms with Gasteiger partial charge in [-0.05, 0) is 13.3 Å². The lowest BCUT2D eigenvalue weighted by atomic mass is 10.2. The number of carbonyl (C=O) groups is 1. The molecule has 0 bridgehead atoms. The summed E-state index contributed by atoms with van der Waals surface area (Å²) < 4.78 is 4.61. The van der Waals surface area contributed by atoms with Crippen LogP contribution in [0.1, 0.15) is 26.7 Å². The second-order valence-corrected chi connectivity index (χ2v) is 3.09. The number of rotatable bonds is 6. The van der Waals surface area contributed by atoms with Crippen molar-refractivity contribution in [1.82, 2.24) is 0 Å². The highest BCUT2D eigenvalue weighted by Crippen LogP contribution is 1.92. The summed E-state index contributed by atoms with van der Waals surface area (Å²) in [4.78, 5) is 10.9. The summed E-state index contributed by atoms with van der Waals surface area (Å²) in [7, 11) is 1.44. The number of hydrogen-bond donors (Lipinski definition) is 1. The van der Waals surface area contributed by atoms with Crippen molar-refractivity contribution < 1.29 is 14.8 Å². The lowest BCUT2D eigenvalue weighted by Crippen LogP contribution is -2.85. The summed E-state index contributed by atoms with van der Waals surface area (Å²) in [6.45, 7) is 6.01. The summed E-state index contributed by atoms with van der Waals surface area (Å²) in [6.07, 6.45) is 2.43. The van der Waals surface area contributed by atoms with Crippen LogP contribution in [0.4, 0.5) is 0 Å². The van der Waals surface area contributed by atoms with Crippen molar-refractivity contribution in [1.29, 1.82) is 0 Å². The van der Waals surface area contributed by atoms with Gasteiger partial charge in [0.05, 0.1) is 20.2 Å². The number of esters is 1. The minimum absolute atomic E-state index is 0.0202. The number of unbranched alkanes of at least 4 members (excludes halogenated alkanes) is 1. The molecular formula is C9H20NO2+. The Morgan fingerprint density at radius 2 is 2.25 bits per heavy atom. The van der Waals surface area contributed by atoms with Crippen molar-refractivity contribution in [2.24, 2.45) is 5.92 Å². The topological polar surface area (TPSA) is 42.9 Å². The Hall–Kier alpha value is -0.570. The Balaban J connectivity index is 3.31. The van der Waals surface area contributed by atoms with Crippen LogP contribution in [0.5, 0.6) is 0 Å². The van der Waals surface area contributed by atoms with E-state index in [4.69, 9.17) is 0 Å². The third-order valence-corrected chi connectivity index (χ3v) is 1.89. The lowest BCUT2D eigenvalue weighted by molar-refractivity contribution is -0.658. The van der Waals surface area contributed by atoms with Gasteiger partial charge in [0, 0.05) is 0 Å². The first kappa shape index (κ1) is 11.4. The fourth-order valence-electron chi connectivity index (χ4n) is 1.01. The van der Waals surface area contributed by atoms with Gasteiger partial charge in [0.2, 0.25) is 0 Å². The number of nitrogens with two attached hydrogens (primary N) is 1. The molecular weight excluding hydrogens is 154 g/mol. The van der Waals surface area contributed by atoms with Crippen LogP contribution in [-0.2, 0) is 9.53 Å². The van der Waals surface area contributed by atoms with Gasteiger partial charge in [0.1, 0.15) is 5.92 Å². The van der Waals surface area contributed by atoms with E-state index in [-0.39, 0.29) is 11.9 Å². The highest BCUT2D eigenvalue weighted by molar-refractivity contribution is 5.71. The van der Waals surface area contributed by atoms with E-state index >= 15 is 0 Å². The molecule has 3 heteroatoms. The molecule has 0 saturated heterocycles. The van der Waals surface area contributed by atoms with Gasteiger partial charge in [0.25, 0.3) is 0 Å². The first-order valence-electron chi connectivity index (χ1n) is 4.61. The van der Waals surface area contributed by atoms with Crippen LogP contribution in [0.25, 0.3) is 0 Å². The zero-order chi connectivity index (χ0) is 9.40. The number of methoxy groups -OCH3 is 1. The zero-order valence-electron chi connectivity index (χ0n) is 8.30. The van der Waals surface area contributed by atoms with Crippen LogP contribution in [0.2, 0.25) is 0 Å². The Morgan fingerprint density at radius 1 is 1.58 bits per heavy atom. The summed E-state index contributed by atoms with van der Waals surface area (Å²) in [5, 5.41) is 2.17. The Bertz CT molecular complexity index is 126. The minimum atomic E-state index is -0.109. The summed E-state index contributed by atoms with van der Waals surface area (Å²) in [6, 6.07) is 0. The molecule has 0 unspecified atom stereocenters. The molecule has 0 aliphatic carbocycles. The van der Waals surface area contributed by atoms with Crippen LogP contribution >= 0.6 is 0 Å². The van der Waals surface area contributed by atoms with Gasteiger partial charge in [-0.25, -0.2) is 0 Å². The van der Waals surface area contributed by atoms with E-state index in [2.05, 4.69) is 17.0 Å². The average molecular weight is 174 g/mol. The maximum absolute atomic E-state index is 10.9. The standard InChI is InChI=1S/C9H19NO2/c1-4-5-6-10-7-8(2)9(11)12-3/h8,10H,4-7H2,1-3H3/p+1/t8-/m1/s1. The maximum atomic E-state index is 10.9. The molecule has 12 heavy (non-hydrogen) atoms.